The molecule has 1 aliphatic rings. The van der Waals surface area contributed by atoms with Crippen molar-refractivity contribution < 1.29 is 4.74 Å². The summed E-state index contributed by atoms with van der Waals surface area (Å²) in [6, 6.07) is 0.620. The van der Waals surface area contributed by atoms with Crippen LogP contribution < -0.4 is 11.1 Å². The van der Waals surface area contributed by atoms with Crippen molar-refractivity contribution in [3.8, 4) is 0 Å². The van der Waals surface area contributed by atoms with Crippen LogP contribution in [0.15, 0.2) is 12.7 Å². The van der Waals surface area contributed by atoms with Crippen LogP contribution in [0, 0.1) is 5.92 Å². The van der Waals surface area contributed by atoms with Gasteiger partial charge in [-0.05, 0) is 44.9 Å². The number of hydrogen-bond acceptors (Lipinski definition) is 6. The number of rotatable bonds is 9. The Hall–Kier alpha value is -1.80. The minimum Gasteiger partial charge on any atom is -0.393 e. The molecule has 0 amide bonds. The van der Waals surface area contributed by atoms with Crippen molar-refractivity contribution >= 4 is 34.2 Å². The molecule has 3 rings (SSSR count). The van der Waals surface area contributed by atoms with E-state index in [0.29, 0.717) is 29.6 Å². The quantitative estimate of drug-likeness (QED) is 0.650. The standard InChI is InChI=1S/C18H28N6OS/c1-12(4-6-15(19)26)3-5-13(2)24-11-22-16-17(20-10-21-18(16)24)23-14-7-8-25-9-14/h10-14H,3-9H2,1-2H3,(H2,19,26)(H,20,21,23)/t12-,13?,14+/m0/s1. The molecule has 0 spiro atoms. The predicted octanol–water partition coefficient (Wildman–Crippen LogP) is 3.07. The first-order chi connectivity index (χ1) is 12.5. The van der Waals surface area contributed by atoms with E-state index in [1.54, 1.807) is 6.33 Å². The first-order valence-corrected chi connectivity index (χ1v) is 9.75. The highest BCUT2D eigenvalue weighted by molar-refractivity contribution is 7.80. The number of imidazole rings is 1. The Bertz CT molecular complexity index is 742. The number of nitrogens with zero attached hydrogens (tertiary/aromatic N) is 4. The summed E-state index contributed by atoms with van der Waals surface area (Å²) >= 11 is 4.97. The van der Waals surface area contributed by atoms with Crippen LogP contribution in [-0.2, 0) is 4.74 Å². The lowest BCUT2D eigenvalue weighted by molar-refractivity contribution is 0.195. The van der Waals surface area contributed by atoms with Crippen molar-refractivity contribution in [1.29, 1.82) is 0 Å². The number of aromatic nitrogens is 4. The van der Waals surface area contributed by atoms with E-state index in [1.165, 1.54) is 0 Å². The zero-order valence-electron chi connectivity index (χ0n) is 15.5. The fourth-order valence-corrected chi connectivity index (χ4v) is 3.44. The molecule has 2 aromatic rings. The first kappa shape index (κ1) is 19.0. The summed E-state index contributed by atoms with van der Waals surface area (Å²) in [5, 5.41) is 3.44. The van der Waals surface area contributed by atoms with Crippen LogP contribution in [0.1, 0.15) is 52.0 Å². The Morgan fingerprint density at radius 2 is 2.19 bits per heavy atom. The molecule has 26 heavy (non-hydrogen) atoms. The summed E-state index contributed by atoms with van der Waals surface area (Å²) in [6.07, 6.45) is 8.54. The monoisotopic (exact) mass is 376 g/mol. The average Bonchev–Trinajstić information content (AvgIpc) is 3.28. The minimum absolute atomic E-state index is 0.296. The largest absolute Gasteiger partial charge is 0.393 e. The molecule has 142 valence electrons. The molecular formula is C18H28N6OS. The van der Waals surface area contributed by atoms with Crippen molar-refractivity contribution in [1.82, 2.24) is 19.5 Å². The lowest BCUT2D eigenvalue weighted by Gasteiger charge is -2.17. The molecule has 3 atom stereocenters. The third kappa shape index (κ3) is 4.67. The highest BCUT2D eigenvalue weighted by Gasteiger charge is 2.19. The van der Waals surface area contributed by atoms with Gasteiger partial charge in [-0.15, -0.1) is 0 Å². The first-order valence-electron chi connectivity index (χ1n) is 9.34. The molecule has 2 aromatic heterocycles. The number of nitrogens with one attached hydrogen (secondary N) is 1. The normalized spacial score (nSPS) is 19.5. The number of nitrogens with two attached hydrogens (primary N) is 1. The summed E-state index contributed by atoms with van der Waals surface area (Å²) < 4.78 is 7.57. The molecule has 0 aromatic carbocycles. The Balaban J connectivity index is 1.65. The van der Waals surface area contributed by atoms with Crippen molar-refractivity contribution in [2.75, 3.05) is 18.5 Å². The third-order valence-electron chi connectivity index (χ3n) is 5.06. The number of anilines is 1. The molecule has 1 fully saturated rings. The maximum atomic E-state index is 5.60. The van der Waals surface area contributed by atoms with Crippen molar-refractivity contribution in [2.45, 2.75) is 58.0 Å². The lowest BCUT2D eigenvalue weighted by atomic mass is 9.97. The second-order valence-electron chi connectivity index (χ2n) is 7.29. The van der Waals surface area contributed by atoms with E-state index in [9.17, 15) is 0 Å². The van der Waals surface area contributed by atoms with Gasteiger partial charge in [0, 0.05) is 12.6 Å². The van der Waals surface area contributed by atoms with Crippen LogP contribution in [-0.4, -0.2) is 43.8 Å². The van der Waals surface area contributed by atoms with Crippen molar-refractivity contribution in [3.05, 3.63) is 12.7 Å². The van der Waals surface area contributed by atoms with Crippen molar-refractivity contribution in [3.63, 3.8) is 0 Å². The molecule has 8 heteroatoms. The molecule has 1 aliphatic heterocycles. The average molecular weight is 377 g/mol. The molecule has 0 radical (unpaired) electrons. The van der Waals surface area contributed by atoms with Gasteiger partial charge < -0.3 is 20.4 Å². The van der Waals surface area contributed by atoms with Crippen molar-refractivity contribution in [2.24, 2.45) is 11.7 Å². The number of thiocarbonyl (C=S) groups is 1. The number of hydrogen-bond donors (Lipinski definition) is 2. The molecule has 0 saturated carbocycles. The summed E-state index contributed by atoms with van der Waals surface area (Å²) in [5.74, 6) is 1.39. The minimum atomic E-state index is 0.296. The Labute approximate surface area is 159 Å². The zero-order chi connectivity index (χ0) is 18.5. The van der Waals surface area contributed by atoms with Crippen LogP contribution in [0.25, 0.3) is 11.2 Å². The highest BCUT2D eigenvalue weighted by Crippen LogP contribution is 2.26. The Kier molecular flexibility index (Phi) is 6.37. The van der Waals surface area contributed by atoms with Gasteiger partial charge in [0.05, 0.1) is 24.0 Å². The molecule has 3 N–H and O–H groups in total. The van der Waals surface area contributed by atoms with E-state index in [1.807, 2.05) is 6.33 Å². The highest BCUT2D eigenvalue weighted by atomic mass is 32.1. The topological polar surface area (TPSA) is 90.9 Å². The molecule has 1 unspecified atom stereocenters. The van der Waals surface area contributed by atoms with E-state index in [4.69, 9.17) is 22.7 Å². The fourth-order valence-electron chi connectivity index (χ4n) is 3.32. The van der Waals surface area contributed by atoms with Crippen LogP contribution in [0.4, 0.5) is 5.82 Å². The predicted molar refractivity (Wildman–Crippen MR) is 107 cm³/mol. The van der Waals surface area contributed by atoms with Gasteiger partial charge in [-0.3, -0.25) is 0 Å². The summed E-state index contributed by atoms with van der Waals surface area (Å²) in [4.78, 5) is 14.0. The van der Waals surface area contributed by atoms with E-state index >= 15 is 0 Å². The maximum absolute atomic E-state index is 5.60. The van der Waals surface area contributed by atoms with E-state index < -0.39 is 0 Å². The summed E-state index contributed by atoms with van der Waals surface area (Å²) in [5.41, 5.74) is 7.31. The molecular weight excluding hydrogens is 348 g/mol. The molecule has 7 nitrogen and oxygen atoms in total. The number of ether oxygens (including phenoxy) is 1. The number of fused-ring (bicyclic) bond motifs is 1. The van der Waals surface area contributed by atoms with Gasteiger partial charge in [-0.25, -0.2) is 15.0 Å². The van der Waals surface area contributed by atoms with Crippen LogP contribution in [0.3, 0.4) is 0 Å². The van der Waals surface area contributed by atoms with Crippen LogP contribution >= 0.6 is 12.2 Å². The van der Waals surface area contributed by atoms with Gasteiger partial charge in [-0.2, -0.15) is 0 Å². The Morgan fingerprint density at radius 1 is 1.35 bits per heavy atom. The van der Waals surface area contributed by atoms with E-state index in [2.05, 4.69) is 38.7 Å². The lowest BCUT2D eigenvalue weighted by Crippen LogP contribution is -2.20. The third-order valence-corrected chi connectivity index (χ3v) is 5.27. The summed E-state index contributed by atoms with van der Waals surface area (Å²) in [6.45, 7) is 5.98. The van der Waals surface area contributed by atoms with Gasteiger partial charge in [0.25, 0.3) is 0 Å². The van der Waals surface area contributed by atoms with E-state index in [-0.39, 0.29) is 0 Å². The Morgan fingerprint density at radius 3 is 2.92 bits per heavy atom. The van der Waals surface area contributed by atoms with E-state index in [0.717, 1.165) is 55.7 Å². The molecule has 0 aliphatic carbocycles. The van der Waals surface area contributed by atoms with Gasteiger partial charge in [-0.1, -0.05) is 19.1 Å². The van der Waals surface area contributed by atoms with Gasteiger partial charge >= 0.3 is 0 Å². The fraction of sp³-hybridized carbons (Fsp3) is 0.667. The van der Waals surface area contributed by atoms with Crippen LogP contribution in [0.2, 0.25) is 0 Å². The van der Waals surface area contributed by atoms with Crippen LogP contribution in [0.5, 0.6) is 0 Å². The summed E-state index contributed by atoms with van der Waals surface area (Å²) in [7, 11) is 0. The molecule has 0 bridgehead atoms. The maximum Gasteiger partial charge on any atom is 0.165 e. The molecule has 1 saturated heterocycles. The molecule has 3 heterocycles. The SMILES string of the molecule is CC(CC[C@H](C)CCC(N)=S)n1cnc2c(N[C@@H]3CCOC3)ncnc21. The van der Waals surface area contributed by atoms with Gasteiger partial charge in [0.15, 0.2) is 11.5 Å². The second-order valence-corrected chi connectivity index (χ2v) is 7.81. The van der Waals surface area contributed by atoms with Gasteiger partial charge in [0.1, 0.15) is 11.8 Å². The van der Waals surface area contributed by atoms with Gasteiger partial charge in [0.2, 0.25) is 0 Å². The smallest absolute Gasteiger partial charge is 0.165 e. The second kappa shape index (κ2) is 8.73. The zero-order valence-corrected chi connectivity index (χ0v) is 16.3.